The van der Waals surface area contributed by atoms with E-state index in [2.05, 4.69) is 39.6 Å². The largest absolute Gasteiger partial charge is 0.356 e. The Balaban J connectivity index is 1.86. The molecule has 0 aliphatic carbocycles. The SMILES string of the molecule is CCC(C)NC(=NC)NCCc1nc(-c2ccc(Cl)cc2)no1. The van der Waals surface area contributed by atoms with E-state index in [0.29, 0.717) is 35.7 Å². The number of aromatic nitrogens is 2. The minimum absolute atomic E-state index is 0.376. The van der Waals surface area contributed by atoms with Crippen molar-refractivity contribution < 1.29 is 4.52 Å². The van der Waals surface area contributed by atoms with Crippen molar-refractivity contribution in [3.63, 3.8) is 0 Å². The highest BCUT2D eigenvalue weighted by molar-refractivity contribution is 6.30. The molecule has 1 atom stereocenters. The maximum Gasteiger partial charge on any atom is 0.228 e. The summed E-state index contributed by atoms with van der Waals surface area (Å²) in [4.78, 5) is 8.57. The molecular weight excluding hydrogens is 314 g/mol. The van der Waals surface area contributed by atoms with Crippen LogP contribution in [0.3, 0.4) is 0 Å². The van der Waals surface area contributed by atoms with Crippen LogP contribution in [0.1, 0.15) is 26.2 Å². The van der Waals surface area contributed by atoms with Gasteiger partial charge in [-0.25, -0.2) is 0 Å². The van der Waals surface area contributed by atoms with E-state index in [1.165, 1.54) is 0 Å². The summed E-state index contributed by atoms with van der Waals surface area (Å²) in [5.41, 5.74) is 0.881. The molecule has 0 saturated heterocycles. The van der Waals surface area contributed by atoms with Gasteiger partial charge in [-0.3, -0.25) is 4.99 Å². The number of halogens is 1. The van der Waals surface area contributed by atoms with E-state index < -0.39 is 0 Å². The maximum atomic E-state index is 5.87. The number of rotatable bonds is 6. The fraction of sp³-hybridized carbons (Fsp3) is 0.438. The van der Waals surface area contributed by atoms with Crippen LogP contribution in [0.25, 0.3) is 11.4 Å². The van der Waals surface area contributed by atoms with Gasteiger partial charge in [0.05, 0.1) is 0 Å². The van der Waals surface area contributed by atoms with E-state index in [1.54, 1.807) is 19.2 Å². The van der Waals surface area contributed by atoms with Crippen molar-refractivity contribution >= 4 is 17.6 Å². The Morgan fingerprint density at radius 1 is 1.35 bits per heavy atom. The molecule has 0 aliphatic heterocycles. The second-order valence-electron chi connectivity index (χ2n) is 5.22. The van der Waals surface area contributed by atoms with Crippen LogP contribution in [0, 0.1) is 0 Å². The monoisotopic (exact) mass is 335 g/mol. The number of guanidine groups is 1. The predicted molar refractivity (Wildman–Crippen MR) is 92.7 cm³/mol. The summed E-state index contributed by atoms with van der Waals surface area (Å²) in [6.07, 6.45) is 1.66. The molecule has 0 bridgehead atoms. The Morgan fingerprint density at radius 3 is 2.74 bits per heavy atom. The average molecular weight is 336 g/mol. The van der Waals surface area contributed by atoms with E-state index in [0.717, 1.165) is 17.9 Å². The molecule has 0 spiro atoms. The third-order valence-corrected chi connectivity index (χ3v) is 3.67. The first kappa shape index (κ1) is 17.3. The molecular formula is C16H22ClN5O. The molecule has 1 aromatic carbocycles. The van der Waals surface area contributed by atoms with Crippen LogP contribution in [0.4, 0.5) is 0 Å². The highest BCUT2D eigenvalue weighted by Crippen LogP contribution is 2.18. The summed E-state index contributed by atoms with van der Waals surface area (Å²) in [7, 11) is 1.75. The number of hydrogen-bond acceptors (Lipinski definition) is 4. The van der Waals surface area contributed by atoms with Gasteiger partial charge in [-0.15, -0.1) is 0 Å². The molecule has 2 N–H and O–H groups in total. The fourth-order valence-electron chi connectivity index (χ4n) is 1.89. The molecule has 0 radical (unpaired) electrons. The van der Waals surface area contributed by atoms with Gasteiger partial charge < -0.3 is 15.2 Å². The Labute approximate surface area is 141 Å². The van der Waals surface area contributed by atoms with Gasteiger partial charge in [0.25, 0.3) is 0 Å². The van der Waals surface area contributed by atoms with Gasteiger partial charge in [-0.1, -0.05) is 23.7 Å². The van der Waals surface area contributed by atoms with Crippen molar-refractivity contribution in [3.05, 3.63) is 35.2 Å². The first-order valence-corrected chi connectivity index (χ1v) is 8.06. The molecule has 7 heteroatoms. The van der Waals surface area contributed by atoms with Crippen molar-refractivity contribution in [2.45, 2.75) is 32.7 Å². The summed E-state index contributed by atoms with van der Waals surface area (Å²) in [6.45, 7) is 4.91. The van der Waals surface area contributed by atoms with Crippen LogP contribution in [-0.4, -0.2) is 35.7 Å². The molecule has 23 heavy (non-hydrogen) atoms. The van der Waals surface area contributed by atoms with Gasteiger partial charge in [0, 0.05) is 36.6 Å². The molecule has 6 nitrogen and oxygen atoms in total. The molecule has 0 fully saturated rings. The third kappa shape index (κ3) is 5.25. The number of benzene rings is 1. The van der Waals surface area contributed by atoms with Crippen LogP contribution in [-0.2, 0) is 6.42 Å². The van der Waals surface area contributed by atoms with Gasteiger partial charge in [-0.05, 0) is 37.6 Å². The number of aliphatic imine (C=N–C) groups is 1. The first-order chi connectivity index (χ1) is 11.1. The summed E-state index contributed by atoms with van der Waals surface area (Å²) in [5, 5.41) is 11.2. The van der Waals surface area contributed by atoms with E-state index in [1.807, 2.05) is 12.1 Å². The summed E-state index contributed by atoms with van der Waals surface area (Å²) in [6, 6.07) is 7.72. The maximum absolute atomic E-state index is 5.87. The van der Waals surface area contributed by atoms with Crippen molar-refractivity contribution in [1.29, 1.82) is 0 Å². The van der Waals surface area contributed by atoms with Gasteiger partial charge >= 0.3 is 0 Å². The van der Waals surface area contributed by atoms with E-state index in [-0.39, 0.29) is 0 Å². The molecule has 124 valence electrons. The zero-order valence-electron chi connectivity index (χ0n) is 13.6. The number of nitrogens with zero attached hydrogens (tertiary/aromatic N) is 3. The summed E-state index contributed by atoms with van der Waals surface area (Å²) >= 11 is 5.87. The molecule has 1 aromatic heterocycles. The molecule has 2 rings (SSSR count). The number of hydrogen-bond donors (Lipinski definition) is 2. The molecule has 0 saturated carbocycles. The van der Waals surface area contributed by atoms with E-state index >= 15 is 0 Å². The number of nitrogens with one attached hydrogen (secondary N) is 2. The Kier molecular flexibility index (Phi) is 6.40. The third-order valence-electron chi connectivity index (χ3n) is 3.42. The quantitative estimate of drug-likeness (QED) is 0.627. The normalized spacial score (nSPS) is 13.0. The van der Waals surface area contributed by atoms with Gasteiger partial charge in [0.2, 0.25) is 11.7 Å². The van der Waals surface area contributed by atoms with Crippen LogP contribution in [0.5, 0.6) is 0 Å². The van der Waals surface area contributed by atoms with E-state index in [9.17, 15) is 0 Å². The lowest BCUT2D eigenvalue weighted by molar-refractivity contribution is 0.378. The second-order valence-corrected chi connectivity index (χ2v) is 5.66. The molecule has 0 amide bonds. The average Bonchev–Trinajstić information content (AvgIpc) is 3.03. The highest BCUT2D eigenvalue weighted by atomic mass is 35.5. The lowest BCUT2D eigenvalue weighted by Crippen LogP contribution is -2.42. The predicted octanol–water partition coefficient (Wildman–Crippen LogP) is 2.90. The molecule has 1 unspecified atom stereocenters. The van der Waals surface area contributed by atoms with Crippen molar-refractivity contribution in [2.75, 3.05) is 13.6 Å². The lowest BCUT2D eigenvalue weighted by atomic mass is 10.2. The van der Waals surface area contributed by atoms with Crippen molar-refractivity contribution in [3.8, 4) is 11.4 Å². The second kappa shape index (κ2) is 8.53. The molecule has 0 aliphatic rings. The minimum Gasteiger partial charge on any atom is -0.356 e. The van der Waals surface area contributed by atoms with Gasteiger partial charge in [0.15, 0.2) is 5.96 Å². The standard InChI is InChI=1S/C16H22ClN5O/c1-4-11(2)20-16(18-3)19-10-9-14-21-15(22-23-14)12-5-7-13(17)8-6-12/h5-8,11H,4,9-10H2,1-3H3,(H2,18,19,20). The van der Waals surface area contributed by atoms with Crippen molar-refractivity contribution in [2.24, 2.45) is 4.99 Å². The van der Waals surface area contributed by atoms with E-state index in [4.69, 9.17) is 16.1 Å². The fourth-order valence-corrected chi connectivity index (χ4v) is 2.02. The van der Waals surface area contributed by atoms with Crippen LogP contribution in [0.2, 0.25) is 5.02 Å². The summed E-state index contributed by atoms with van der Waals surface area (Å²) in [5.74, 6) is 1.93. The van der Waals surface area contributed by atoms with Crippen LogP contribution in [0.15, 0.2) is 33.8 Å². The Hall–Kier alpha value is -2.08. The van der Waals surface area contributed by atoms with Crippen molar-refractivity contribution in [1.82, 2.24) is 20.8 Å². The lowest BCUT2D eigenvalue weighted by Gasteiger charge is -2.15. The molecule has 1 heterocycles. The highest BCUT2D eigenvalue weighted by Gasteiger charge is 2.09. The molecule has 2 aromatic rings. The van der Waals surface area contributed by atoms with Gasteiger partial charge in [-0.2, -0.15) is 4.98 Å². The summed E-state index contributed by atoms with van der Waals surface area (Å²) < 4.78 is 5.27. The zero-order valence-corrected chi connectivity index (χ0v) is 14.4. The Morgan fingerprint density at radius 2 is 2.09 bits per heavy atom. The minimum atomic E-state index is 0.376. The van der Waals surface area contributed by atoms with Crippen LogP contribution >= 0.6 is 11.6 Å². The first-order valence-electron chi connectivity index (χ1n) is 7.68. The van der Waals surface area contributed by atoms with Crippen LogP contribution < -0.4 is 10.6 Å². The Bertz CT molecular complexity index is 638. The topological polar surface area (TPSA) is 75.3 Å². The zero-order chi connectivity index (χ0) is 16.7. The van der Waals surface area contributed by atoms with Gasteiger partial charge in [0.1, 0.15) is 0 Å². The smallest absolute Gasteiger partial charge is 0.228 e.